The number of carboxylic acid groups (broad SMARTS) is 1. The lowest BCUT2D eigenvalue weighted by molar-refractivity contribution is -0.217. The van der Waals surface area contributed by atoms with Crippen LogP contribution in [0.5, 0.6) is 5.75 Å². The molecule has 1 aliphatic rings. The maximum absolute atomic E-state index is 12.9. The van der Waals surface area contributed by atoms with Gasteiger partial charge in [0.05, 0.1) is 4.47 Å². The van der Waals surface area contributed by atoms with Crippen LogP contribution in [0.3, 0.4) is 0 Å². The number of ether oxygens (including phenoxy) is 1. The zero-order valence-corrected chi connectivity index (χ0v) is 11.4. The van der Waals surface area contributed by atoms with E-state index in [1.54, 1.807) is 19.1 Å². The average Bonchev–Trinajstić information content (AvgIpc) is 2.25. The molecule has 2 atom stereocenters. The second-order valence-electron chi connectivity index (χ2n) is 4.46. The molecule has 0 bridgehead atoms. The normalized spacial score (nSPS) is 22.6. The summed E-state index contributed by atoms with van der Waals surface area (Å²) in [4.78, 5) is 11.0. The zero-order chi connectivity index (χ0) is 14.4. The maximum Gasteiger partial charge on any atom is 0.426 e. The summed E-state index contributed by atoms with van der Waals surface area (Å²) in [7, 11) is 0. The van der Waals surface area contributed by atoms with Crippen molar-refractivity contribution in [2.75, 3.05) is 0 Å². The van der Waals surface area contributed by atoms with Crippen molar-refractivity contribution in [1.29, 1.82) is 0 Å². The molecule has 1 heterocycles. The Balaban J connectivity index is 2.48. The molecule has 2 unspecified atom stereocenters. The maximum atomic E-state index is 12.9. The second kappa shape index (κ2) is 4.70. The number of benzene rings is 1. The molecule has 1 aliphatic heterocycles. The Bertz CT molecular complexity index is 528. The third-order valence-electron chi connectivity index (χ3n) is 2.95. The molecule has 3 nitrogen and oxygen atoms in total. The van der Waals surface area contributed by atoms with E-state index >= 15 is 0 Å². The molecule has 1 N–H and O–H groups in total. The Morgan fingerprint density at radius 2 is 2.11 bits per heavy atom. The van der Waals surface area contributed by atoms with Crippen molar-refractivity contribution in [3.8, 4) is 5.75 Å². The molecule has 0 saturated heterocycles. The third kappa shape index (κ3) is 2.70. The fourth-order valence-corrected chi connectivity index (χ4v) is 2.86. The Morgan fingerprint density at radius 1 is 1.47 bits per heavy atom. The van der Waals surface area contributed by atoms with E-state index in [4.69, 9.17) is 9.84 Å². The zero-order valence-electron chi connectivity index (χ0n) is 9.79. The number of aryl methyl sites for hydroxylation is 1. The van der Waals surface area contributed by atoms with Crippen LogP contribution >= 0.6 is 15.9 Å². The SMILES string of the molecule is Cc1cc(Br)c2c(c1)CC(C(=O)O)C(C(F)(F)F)O2. The molecule has 0 aliphatic carbocycles. The van der Waals surface area contributed by atoms with Crippen molar-refractivity contribution < 1.29 is 27.8 Å². The van der Waals surface area contributed by atoms with Gasteiger partial charge in [-0.1, -0.05) is 6.07 Å². The van der Waals surface area contributed by atoms with Crippen LogP contribution in [0.1, 0.15) is 11.1 Å². The quantitative estimate of drug-likeness (QED) is 0.854. The van der Waals surface area contributed by atoms with Crippen molar-refractivity contribution in [3.05, 3.63) is 27.7 Å². The molecule has 0 amide bonds. The van der Waals surface area contributed by atoms with Crippen molar-refractivity contribution in [1.82, 2.24) is 0 Å². The van der Waals surface area contributed by atoms with E-state index in [-0.39, 0.29) is 12.2 Å². The van der Waals surface area contributed by atoms with E-state index in [0.29, 0.717) is 10.0 Å². The Hall–Kier alpha value is -1.24. The van der Waals surface area contributed by atoms with Gasteiger partial charge in [0.25, 0.3) is 0 Å². The Labute approximate surface area is 115 Å². The highest BCUT2D eigenvalue weighted by atomic mass is 79.9. The summed E-state index contributed by atoms with van der Waals surface area (Å²) in [5.74, 6) is -3.06. The van der Waals surface area contributed by atoms with E-state index in [2.05, 4.69) is 15.9 Å². The number of hydrogen-bond donors (Lipinski definition) is 1. The molecule has 104 valence electrons. The molecule has 0 spiro atoms. The van der Waals surface area contributed by atoms with E-state index < -0.39 is 24.2 Å². The molecule has 0 radical (unpaired) electrons. The van der Waals surface area contributed by atoms with Gasteiger partial charge < -0.3 is 9.84 Å². The molecule has 0 aromatic heterocycles. The van der Waals surface area contributed by atoms with Crippen LogP contribution in [-0.2, 0) is 11.2 Å². The van der Waals surface area contributed by atoms with Crippen molar-refractivity contribution in [3.63, 3.8) is 0 Å². The van der Waals surface area contributed by atoms with Crippen LogP contribution in [-0.4, -0.2) is 23.4 Å². The largest absolute Gasteiger partial charge is 0.481 e. The first-order valence-electron chi connectivity index (χ1n) is 5.45. The molecule has 1 aromatic carbocycles. The highest BCUT2D eigenvalue weighted by Gasteiger charge is 2.52. The van der Waals surface area contributed by atoms with E-state index in [1.165, 1.54) is 0 Å². The molecule has 0 fully saturated rings. The van der Waals surface area contributed by atoms with Gasteiger partial charge in [-0.2, -0.15) is 13.2 Å². The summed E-state index contributed by atoms with van der Waals surface area (Å²) in [6.07, 6.45) is -7.24. The summed E-state index contributed by atoms with van der Waals surface area (Å²) in [6.45, 7) is 1.77. The van der Waals surface area contributed by atoms with Crippen LogP contribution in [0.2, 0.25) is 0 Å². The highest BCUT2D eigenvalue weighted by molar-refractivity contribution is 9.10. The summed E-state index contributed by atoms with van der Waals surface area (Å²) in [6, 6.07) is 3.27. The number of fused-ring (bicyclic) bond motifs is 1. The van der Waals surface area contributed by atoms with Crippen molar-refractivity contribution >= 4 is 21.9 Å². The second-order valence-corrected chi connectivity index (χ2v) is 5.32. The van der Waals surface area contributed by atoms with Gasteiger partial charge in [-0.05, 0) is 46.5 Å². The molecule has 0 saturated carbocycles. The van der Waals surface area contributed by atoms with E-state index in [9.17, 15) is 18.0 Å². The van der Waals surface area contributed by atoms with Gasteiger partial charge in [0.1, 0.15) is 11.7 Å². The summed E-state index contributed by atoms with van der Waals surface area (Å²) < 4.78 is 43.9. The third-order valence-corrected chi connectivity index (χ3v) is 3.54. The molecule has 2 rings (SSSR count). The molecular weight excluding hydrogens is 329 g/mol. The number of halogens is 4. The topological polar surface area (TPSA) is 46.5 Å². The Morgan fingerprint density at radius 3 is 2.63 bits per heavy atom. The molecule has 7 heteroatoms. The monoisotopic (exact) mass is 338 g/mol. The van der Waals surface area contributed by atoms with Crippen LogP contribution in [0.25, 0.3) is 0 Å². The number of carboxylic acids is 1. The van der Waals surface area contributed by atoms with Crippen molar-refractivity contribution in [2.24, 2.45) is 5.92 Å². The van der Waals surface area contributed by atoms with Crippen LogP contribution in [0.4, 0.5) is 13.2 Å². The molecule has 1 aromatic rings. The lowest BCUT2D eigenvalue weighted by Gasteiger charge is -2.33. The number of hydrogen-bond acceptors (Lipinski definition) is 2. The minimum absolute atomic E-state index is 0.0745. The Kier molecular flexibility index (Phi) is 3.51. The first-order chi connectivity index (χ1) is 8.70. The fraction of sp³-hybridized carbons (Fsp3) is 0.417. The summed E-state index contributed by atoms with van der Waals surface area (Å²) in [5, 5.41) is 8.94. The number of carbonyl (C=O) groups is 1. The van der Waals surface area contributed by atoms with Crippen LogP contribution < -0.4 is 4.74 Å². The average molecular weight is 339 g/mol. The lowest BCUT2D eigenvalue weighted by Crippen LogP contribution is -2.47. The minimum Gasteiger partial charge on any atom is -0.481 e. The van der Waals surface area contributed by atoms with Gasteiger partial charge in [-0.3, -0.25) is 4.79 Å². The molecular formula is C12H10BrF3O3. The van der Waals surface area contributed by atoms with Crippen LogP contribution in [0.15, 0.2) is 16.6 Å². The van der Waals surface area contributed by atoms with Crippen LogP contribution in [0, 0.1) is 12.8 Å². The highest BCUT2D eigenvalue weighted by Crippen LogP contribution is 2.42. The van der Waals surface area contributed by atoms with Crippen molar-refractivity contribution in [2.45, 2.75) is 25.6 Å². The first kappa shape index (κ1) is 14.2. The summed E-state index contributed by atoms with van der Waals surface area (Å²) >= 11 is 3.14. The summed E-state index contributed by atoms with van der Waals surface area (Å²) in [5.41, 5.74) is 1.29. The predicted octanol–water partition coefficient (Wildman–Crippen LogP) is 3.32. The number of aliphatic carboxylic acids is 1. The van der Waals surface area contributed by atoms with Gasteiger partial charge in [0, 0.05) is 0 Å². The fourth-order valence-electron chi connectivity index (χ4n) is 2.15. The number of alkyl halides is 3. The molecule has 19 heavy (non-hydrogen) atoms. The minimum atomic E-state index is -4.72. The van der Waals surface area contributed by atoms with Gasteiger partial charge in [0.2, 0.25) is 6.10 Å². The van der Waals surface area contributed by atoms with E-state index in [1.807, 2.05) is 0 Å². The van der Waals surface area contributed by atoms with E-state index in [0.717, 1.165) is 5.56 Å². The predicted molar refractivity (Wildman–Crippen MR) is 64.2 cm³/mol. The van der Waals surface area contributed by atoms with Gasteiger partial charge in [0.15, 0.2) is 0 Å². The number of rotatable bonds is 1. The van der Waals surface area contributed by atoms with Gasteiger partial charge >= 0.3 is 12.1 Å². The van der Waals surface area contributed by atoms with Gasteiger partial charge in [-0.15, -0.1) is 0 Å². The van der Waals surface area contributed by atoms with Gasteiger partial charge in [-0.25, -0.2) is 0 Å². The smallest absolute Gasteiger partial charge is 0.426 e. The lowest BCUT2D eigenvalue weighted by atomic mass is 9.89. The standard InChI is InChI=1S/C12H10BrF3O3/c1-5-2-6-4-7(11(17)18)10(12(14,15)16)19-9(6)8(13)3-5/h2-3,7,10H,4H2,1H3,(H,17,18). The first-order valence-corrected chi connectivity index (χ1v) is 6.24.